The maximum atomic E-state index is 12.2. The lowest BCUT2D eigenvalue weighted by molar-refractivity contribution is 0.0946. The van der Waals surface area contributed by atoms with Crippen LogP contribution in [-0.2, 0) is 0 Å². The smallest absolute Gasteiger partial charge is 0.229 e. The number of imidazole rings is 1. The zero-order chi connectivity index (χ0) is 17.7. The highest BCUT2D eigenvalue weighted by Crippen LogP contribution is 2.32. The average molecular weight is 397 g/mol. The van der Waals surface area contributed by atoms with Crippen molar-refractivity contribution in [1.29, 1.82) is 0 Å². The van der Waals surface area contributed by atoms with Crippen molar-refractivity contribution < 1.29 is 4.79 Å². The van der Waals surface area contributed by atoms with Gasteiger partial charge in [-0.15, -0.1) is 0 Å². The van der Waals surface area contributed by atoms with Gasteiger partial charge in [0.25, 0.3) is 0 Å². The summed E-state index contributed by atoms with van der Waals surface area (Å²) in [5, 5.41) is 0.975. The summed E-state index contributed by atoms with van der Waals surface area (Å²) in [7, 11) is 4.02. The Bertz CT molecular complexity index is 1110. The SMILES string of the molecule is CC(=O)n1c2ccc(Br)cc2c2[nH]c(-c3ccc(N(C)C)cc3)nc21. The molecule has 0 radical (unpaired) electrons. The van der Waals surface area contributed by atoms with Crippen molar-refractivity contribution in [3.8, 4) is 11.4 Å². The second kappa shape index (κ2) is 5.74. The van der Waals surface area contributed by atoms with E-state index in [0.717, 1.165) is 38.0 Å². The van der Waals surface area contributed by atoms with Crippen LogP contribution in [-0.4, -0.2) is 34.5 Å². The first-order chi connectivity index (χ1) is 12.0. The molecular formula is C19H17BrN4O. The third-order valence-electron chi connectivity index (χ3n) is 4.34. The quantitative estimate of drug-likeness (QED) is 0.535. The van der Waals surface area contributed by atoms with E-state index in [1.54, 1.807) is 11.5 Å². The summed E-state index contributed by atoms with van der Waals surface area (Å²) in [5.41, 5.74) is 4.51. The third kappa shape index (κ3) is 2.53. The number of carbonyl (C=O) groups is 1. The van der Waals surface area contributed by atoms with E-state index in [1.165, 1.54) is 0 Å². The third-order valence-corrected chi connectivity index (χ3v) is 4.83. The molecule has 0 fully saturated rings. The lowest BCUT2D eigenvalue weighted by Crippen LogP contribution is -2.08. The fourth-order valence-electron chi connectivity index (χ4n) is 3.10. The van der Waals surface area contributed by atoms with E-state index in [4.69, 9.17) is 4.98 Å². The normalized spacial score (nSPS) is 11.4. The Balaban J connectivity index is 1.94. The van der Waals surface area contributed by atoms with Crippen LogP contribution in [0, 0.1) is 0 Å². The van der Waals surface area contributed by atoms with E-state index in [1.807, 2.05) is 44.4 Å². The Morgan fingerprint density at radius 1 is 1.16 bits per heavy atom. The lowest BCUT2D eigenvalue weighted by Gasteiger charge is -2.12. The molecule has 0 aliphatic carbocycles. The topological polar surface area (TPSA) is 53.9 Å². The number of rotatable bonds is 2. The van der Waals surface area contributed by atoms with E-state index in [-0.39, 0.29) is 5.91 Å². The molecule has 0 bridgehead atoms. The predicted molar refractivity (Wildman–Crippen MR) is 105 cm³/mol. The highest BCUT2D eigenvalue weighted by Gasteiger charge is 2.18. The van der Waals surface area contributed by atoms with Crippen LogP contribution in [0.25, 0.3) is 33.5 Å². The Labute approximate surface area is 153 Å². The number of nitrogens with one attached hydrogen (secondary N) is 1. The molecule has 2 heterocycles. The molecule has 4 rings (SSSR count). The summed E-state index contributed by atoms with van der Waals surface area (Å²) in [6.07, 6.45) is 0. The number of halogens is 1. The number of H-pyrrole nitrogens is 1. The van der Waals surface area contributed by atoms with Crippen LogP contribution >= 0.6 is 15.9 Å². The molecular weight excluding hydrogens is 380 g/mol. The first-order valence-electron chi connectivity index (χ1n) is 7.94. The van der Waals surface area contributed by atoms with Crippen molar-refractivity contribution >= 4 is 49.6 Å². The van der Waals surface area contributed by atoms with Crippen LogP contribution in [0.4, 0.5) is 5.69 Å². The molecule has 0 saturated heterocycles. The molecule has 0 aliphatic rings. The summed E-state index contributed by atoms with van der Waals surface area (Å²) in [4.78, 5) is 22.3. The van der Waals surface area contributed by atoms with Crippen LogP contribution in [0.1, 0.15) is 11.7 Å². The number of aromatic amines is 1. The minimum absolute atomic E-state index is 0.0525. The summed E-state index contributed by atoms with van der Waals surface area (Å²) in [6, 6.07) is 14.0. The Morgan fingerprint density at radius 3 is 2.52 bits per heavy atom. The van der Waals surface area contributed by atoms with E-state index in [9.17, 15) is 4.79 Å². The van der Waals surface area contributed by atoms with E-state index >= 15 is 0 Å². The monoisotopic (exact) mass is 396 g/mol. The number of anilines is 1. The van der Waals surface area contributed by atoms with Gasteiger partial charge in [0.15, 0.2) is 5.65 Å². The summed E-state index contributed by atoms with van der Waals surface area (Å²) < 4.78 is 2.62. The first kappa shape index (κ1) is 15.9. The van der Waals surface area contributed by atoms with Gasteiger partial charge >= 0.3 is 0 Å². The molecule has 2 aromatic heterocycles. The van der Waals surface area contributed by atoms with Gasteiger partial charge in [-0.2, -0.15) is 0 Å². The number of hydrogen-bond donors (Lipinski definition) is 1. The average Bonchev–Trinajstić information content (AvgIpc) is 3.12. The number of carbonyl (C=O) groups excluding carboxylic acids is 1. The molecule has 5 nitrogen and oxygen atoms in total. The number of fused-ring (bicyclic) bond motifs is 3. The van der Waals surface area contributed by atoms with Crippen LogP contribution in [0.5, 0.6) is 0 Å². The number of benzene rings is 2. The Kier molecular flexibility index (Phi) is 3.65. The molecule has 4 aromatic rings. The zero-order valence-electron chi connectivity index (χ0n) is 14.2. The molecule has 25 heavy (non-hydrogen) atoms. The van der Waals surface area contributed by atoms with Gasteiger partial charge in [-0.25, -0.2) is 4.98 Å². The van der Waals surface area contributed by atoms with E-state index in [2.05, 4.69) is 37.9 Å². The van der Waals surface area contributed by atoms with Crippen molar-refractivity contribution in [2.45, 2.75) is 6.92 Å². The van der Waals surface area contributed by atoms with Crippen molar-refractivity contribution in [3.63, 3.8) is 0 Å². The van der Waals surface area contributed by atoms with Crippen LogP contribution in [0.2, 0.25) is 0 Å². The molecule has 1 N–H and O–H groups in total. The molecule has 0 amide bonds. The number of hydrogen-bond acceptors (Lipinski definition) is 3. The van der Waals surface area contributed by atoms with Gasteiger partial charge in [0.1, 0.15) is 5.82 Å². The summed E-state index contributed by atoms with van der Waals surface area (Å²) >= 11 is 3.50. The van der Waals surface area contributed by atoms with Gasteiger partial charge in [0.2, 0.25) is 5.91 Å². The largest absolute Gasteiger partial charge is 0.378 e. The van der Waals surface area contributed by atoms with Crippen molar-refractivity contribution in [3.05, 3.63) is 46.9 Å². The molecule has 0 aliphatic heterocycles. The first-order valence-corrected chi connectivity index (χ1v) is 8.73. The Morgan fingerprint density at radius 2 is 1.88 bits per heavy atom. The van der Waals surface area contributed by atoms with Gasteiger partial charge in [-0.1, -0.05) is 15.9 Å². The molecule has 0 spiro atoms. The van der Waals surface area contributed by atoms with E-state index in [0.29, 0.717) is 5.65 Å². The predicted octanol–water partition coefficient (Wildman–Crippen LogP) is 4.67. The van der Waals surface area contributed by atoms with Crippen molar-refractivity contribution in [2.24, 2.45) is 0 Å². The van der Waals surface area contributed by atoms with Gasteiger partial charge in [0.05, 0.1) is 11.0 Å². The van der Waals surface area contributed by atoms with Gasteiger partial charge in [0, 0.05) is 42.1 Å². The standard InChI is InChI=1S/C19H17BrN4O/c1-11(25)24-16-9-6-13(20)10-15(16)17-19(24)22-18(21-17)12-4-7-14(8-5-12)23(2)3/h4-10H,1-3H3,(H,21,22). The lowest BCUT2D eigenvalue weighted by atomic mass is 10.2. The van der Waals surface area contributed by atoms with Crippen molar-refractivity contribution in [2.75, 3.05) is 19.0 Å². The minimum atomic E-state index is -0.0525. The van der Waals surface area contributed by atoms with Gasteiger partial charge in [-0.3, -0.25) is 9.36 Å². The minimum Gasteiger partial charge on any atom is -0.378 e. The molecule has 126 valence electrons. The molecule has 0 unspecified atom stereocenters. The molecule has 0 atom stereocenters. The number of nitrogens with zero attached hydrogens (tertiary/aromatic N) is 3. The Hall–Kier alpha value is -2.60. The number of aromatic nitrogens is 3. The van der Waals surface area contributed by atoms with Gasteiger partial charge in [-0.05, 0) is 42.5 Å². The molecule has 6 heteroatoms. The second-order valence-corrected chi connectivity index (χ2v) is 7.16. The van der Waals surface area contributed by atoms with Crippen LogP contribution in [0.15, 0.2) is 46.9 Å². The molecule has 0 saturated carbocycles. The van der Waals surface area contributed by atoms with Gasteiger partial charge < -0.3 is 9.88 Å². The van der Waals surface area contributed by atoms with Crippen molar-refractivity contribution in [1.82, 2.24) is 14.5 Å². The summed E-state index contributed by atoms with van der Waals surface area (Å²) in [5.74, 6) is 0.704. The zero-order valence-corrected chi connectivity index (χ0v) is 15.8. The van der Waals surface area contributed by atoms with Crippen LogP contribution in [0.3, 0.4) is 0 Å². The highest BCUT2D eigenvalue weighted by molar-refractivity contribution is 9.10. The van der Waals surface area contributed by atoms with E-state index < -0.39 is 0 Å². The fourth-order valence-corrected chi connectivity index (χ4v) is 3.47. The molecule has 2 aromatic carbocycles. The van der Waals surface area contributed by atoms with Crippen LogP contribution < -0.4 is 4.90 Å². The second-order valence-electron chi connectivity index (χ2n) is 6.24. The summed E-state index contributed by atoms with van der Waals surface area (Å²) in [6.45, 7) is 1.56. The maximum Gasteiger partial charge on any atom is 0.229 e. The highest BCUT2D eigenvalue weighted by atomic mass is 79.9. The fraction of sp³-hybridized carbons (Fsp3) is 0.158. The maximum absolute atomic E-state index is 12.2.